The highest BCUT2D eigenvalue weighted by Crippen LogP contribution is 2.37. The van der Waals surface area contributed by atoms with Crippen LogP contribution in [0, 0.1) is 0 Å². The van der Waals surface area contributed by atoms with E-state index in [-0.39, 0.29) is 12.5 Å². The maximum atomic E-state index is 13.0. The second-order valence-corrected chi connectivity index (χ2v) is 9.00. The number of nitrogens with one attached hydrogen (secondary N) is 1. The predicted molar refractivity (Wildman–Crippen MR) is 112 cm³/mol. The van der Waals surface area contributed by atoms with E-state index < -0.39 is 16.1 Å². The van der Waals surface area contributed by atoms with Gasteiger partial charge in [-0.2, -0.15) is 0 Å². The Balaban J connectivity index is 1.93. The van der Waals surface area contributed by atoms with Crippen LogP contribution in [0.2, 0.25) is 5.02 Å². The van der Waals surface area contributed by atoms with E-state index in [1.807, 2.05) is 32.0 Å². The number of amides is 1. The molecule has 0 bridgehead atoms. The number of rotatable bonds is 5. The average molecular weight is 423 g/mol. The molecular weight excluding hydrogens is 400 g/mol. The third-order valence-electron chi connectivity index (χ3n) is 4.73. The van der Waals surface area contributed by atoms with Crippen LogP contribution in [0.25, 0.3) is 0 Å². The Morgan fingerprint density at radius 2 is 1.86 bits per heavy atom. The standard InChI is InChI=1S/C20H23ClN2O4S/c1-4-13-7-6-8-14(5-2)19(13)22-20(24)18-12-23(28(3,25)26)16-11-15(21)9-10-17(16)27-18/h6-11,18H,4-5,12H2,1-3H3,(H,22,24)/t18-/m0/s1. The van der Waals surface area contributed by atoms with Crippen LogP contribution in [-0.2, 0) is 27.7 Å². The Hall–Kier alpha value is -2.25. The van der Waals surface area contributed by atoms with Gasteiger partial charge in [0.05, 0.1) is 18.5 Å². The Morgan fingerprint density at radius 3 is 2.43 bits per heavy atom. The summed E-state index contributed by atoms with van der Waals surface area (Å²) in [6.07, 6.45) is 1.66. The molecule has 2 aromatic carbocycles. The van der Waals surface area contributed by atoms with Gasteiger partial charge in [-0.1, -0.05) is 43.6 Å². The van der Waals surface area contributed by atoms with E-state index in [0.29, 0.717) is 16.5 Å². The predicted octanol–water partition coefficient (Wildman–Crippen LogP) is 3.63. The smallest absolute Gasteiger partial charge is 0.267 e. The highest BCUT2D eigenvalue weighted by atomic mass is 35.5. The van der Waals surface area contributed by atoms with Crippen molar-refractivity contribution in [2.45, 2.75) is 32.8 Å². The topological polar surface area (TPSA) is 75.7 Å². The van der Waals surface area contributed by atoms with Crippen LogP contribution in [0.15, 0.2) is 36.4 Å². The Bertz CT molecular complexity index is 985. The summed E-state index contributed by atoms with van der Waals surface area (Å²) in [7, 11) is -3.61. The van der Waals surface area contributed by atoms with Gasteiger partial charge >= 0.3 is 0 Å². The van der Waals surface area contributed by atoms with Crippen molar-refractivity contribution >= 4 is 38.9 Å². The van der Waals surface area contributed by atoms with E-state index in [1.54, 1.807) is 12.1 Å². The minimum atomic E-state index is -3.61. The molecule has 0 saturated heterocycles. The quantitative estimate of drug-likeness (QED) is 0.798. The van der Waals surface area contributed by atoms with Crippen LogP contribution in [0.1, 0.15) is 25.0 Å². The SMILES string of the molecule is CCc1cccc(CC)c1NC(=O)[C@@H]1CN(S(C)(=O)=O)c2cc(Cl)ccc2O1. The lowest BCUT2D eigenvalue weighted by atomic mass is 10.0. The van der Waals surface area contributed by atoms with Crippen LogP contribution >= 0.6 is 11.6 Å². The lowest BCUT2D eigenvalue weighted by Crippen LogP contribution is -2.48. The molecule has 1 N–H and O–H groups in total. The monoisotopic (exact) mass is 422 g/mol. The molecule has 6 nitrogen and oxygen atoms in total. The number of carbonyl (C=O) groups excluding carboxylic acids is 1. The molecule has 0 saturated carbocycles. The first-order chi connectivity index (χ1) is 13.2. The van der Waals surface area contributed by atoms with E-state index in [4.69, 9.17) is 16.3 Å². The van der Waals surface area contributed by atoms with E-state index in [0.717, 1.165) is 40.2 Å². The number of benzene rings is 2. The molecule has 1 heterocycles. The molecule has 0 aromatic heterocycles. The number of hydrogen-bond acceptors (Lipinski definition) is 4. The first-order valence-electron chi connectivity index (χ1n) is 9.10. The van der Waals surface area contributed by atoms with Crippen molar-refractivity contribution in [2.75, 3.05) is 22.4 Å². The van der Waals surface area contributed by atoms with Crippen molar-refractivity contribution in [1.29, 1.82) is 0 Å². The van der Waals surface area contributed by atoms with Crippen molar-refractivity contribution in [3.8, 4) is 5.75 Å². The zero-order valence-electron chi connectivity index (χ0n) is 16.0. The molecule has 0 aliphatic carbocycles. The molecule has 0 fully saturated rings. The number of fused-ring (bicyclic) bond motifs is 1. The number of carbonyl (C=O) groups is 1. The molecule has 1 aliphatic heterocycles. The van der Waals surface area contributed by atoms with Gasteiger partial charge < -0.3 is 10.1 Å². The molecule has 8 heteroatoms. The number of ether oxygens (including phenoxy) is 1. The molecule has 1 amide bonds. The summed E-state index contributed by atoms with van der Waals surface area (Å²) in [6.45, 7) is 3.92. The van der Waals surface area contributed by atoms with Crippen LogP contribution in [0.5, 0.6) is 5.75 Å². The lowest BCUT2D eigenvalue weighted by Gasteiger charge is -2.34. The van der Waals surface area contributed by atoms with Crippen molar-refractivity contribution in [3.63, 3.8) is 0 Å². The lowest BCUT2D eigenvalue weighted by molar-refractivity contribution is -0.122. The van der Waals surface area contributed by atoms with Crippen LogP contribution < -0.4 is 14.4 Å². The minimum absolute atomic E-state index is 0.117. The molecule has 1 aliphatic rings. The van der Waals surface area contributed by atoms with E-state index >= 15 is 0 Å². The van der Waals surface area contributed by atoms with Crippen molar-refractivity contribution < 1.29 is 17.9 Å². The third kappa shape index (κ3) is 4.10. The van der Waals surface area contributed by atoms with Crippen molar-refractivity contribution in [1.82, 2.24) is 0 Å². The van der Waals surface area contributed by atoms with Crippen LogP contribution in [0.3, 0.4) is 0 Å². The van der Waals surface area contributed by atoms with Gasteiger partial charge in [0.15, 0.2) is 6.10 Å². The number of aryl methyl sites for hydroxylation is 2. The van der Waals surface area contributed by atoms with E-state index in [2.05, 4.69) is 5.32 Å². The van der Waals surface area contributed by atoms with Gasteiger partial charge in [0, 0.05) is 10.7 Å². The molecule has 28 heavy (non-hydrogen) atoms. The van der Waals surface area contributed by atoms with Gasteiger partial charge in [0.25, 0.3) is 5.91 Å². The summed E-state index contributed by atoms with van der Waals surface area (Å²) < 4.78 is 31.5. The van der Waals surface area contributed by atoms with Gasteiger partial charge in [-0.25, -0.2) is 8.42 Å². The summed E-state index contributed by atoms with van der Waals surface area (Å²) in [5, 5.41) is 3.35. The summed E-state index contributed by atoms with van der Waals surface area (Å²) in [5.41, 5.74) is 3.16. The van der Waals surface area contributed by atoms with Gasteiger partial charge in [0.1, 0.15) is 5.75 Å². The van der Waals surface area contributed by atoms with Gasteiger partial charge in [-0.3, -0.25) is 9.10 Å². The highest BCUT2D eigenvalue weighted by molar-refractivity contribution is 7.92. The van der Waals surface area contributed by atoms with Crippen molar-refractivity contribution in [3.05, 3.63) is 52.5 Å². The second kappa shape index (κ2) is 8.01. The fraction of sp³-hybridized carbons (Fsp3) is 0.350. The van der Waals surface area contributed by atoms with Crippen LogP contribution in [0.4, 0.5) is 11.4 Å². The minimum Gasteiger partial charge on any atom is -0.476 e. The summed E-state index contributed by atoms with van der Waals surface area (Å²) >= 11 is 6.01. The Morgan fingerprint density at radius 1 is 1.21 bits per heavy atom. The highest BCUT2D eigenvalue weighted by Gasteiger charge is 2.35. The number of halogens is 1. The number of para-hydroxylation sites is 1. The number of hydrogen-bond donors (Lipinski definition) is 1. The van der Waals surface area contributed by atoms with Gasteiger partial charge in [-0.15, -0.1) is 0 Å². The van der Waals surface area contributed by atoms with E-state index in [9.17, 15) is 13.2 Å². The largest absolute Gasteiger partial charge is 0.476 e. The number of nitrogens with zero attached hydrogens (tertiary/aromatic N) is 1. The Kier molecular flexibility index (Phi) is 5.86. The zero-order chi connectivity index (χ0) is 20.5. The fourth-order valence-corrected chi connectivity index (χ4v) is 4.35. The zero-order valence-corrected chi connectivity index (χ0v) is 17.6. The first kappa shape index (κ1) is 20.5. The molecule has 2 aromatic rings. The molecule has 1 atom stereocenters. The molecule has 0 spiro atoms. The Labute approximate surface area is 170 Å². The summed E-state index contributed by atoms with van der Waals surface area (Å²) in [5.74, 6) is -0.0782. The maximum Gasteiger partial charge on any atom is 0.267 e. The first-order valence-corrected chi connectivity index (χ1v) is 11.3. The molecule has 0 radical (unpaired) electrons. The van der Waals surface area contributed by atoms with Gasteiger partial charge in [0.2, 0.25) is 10.0 Å². The molecule has 150 valence electrons. The second-order valence-electron chi connectivity index (χ2n) is 6.66. The molecule has 3 rings (SSSR count). The molecule has 0 unspecified atom stereocenters. The third-order valence-corrected chi connectivity index (χ3v) is 6.11. The summed E-state index contributed by atoms with van der Waals surface area (Å²) in [6, 6.07) is 10.6. The van der Waals surface area contributed by atoms with E-state index in [1.165, 1.54) is 6.07 Å². The fourth-order valence-electron chi connectivity index (χ4n) is 3.28. The average Bonchev–Trinajstić information content (AvgIpc) is 2.66. The maximum absolute atomic E-state index is 13.0. The molecular formula is C20H23ClN2O4S. The number of anilines is 2. The van der Waals surface area contributed by atoms with Gasteiger partial charge in [-0.05, 0) is 42.2 Å². The van der Waals surface area contributed by atoms with Crippen LogP contribution in [-0.4, -0.2) is 33.2 Å². The summed E-state index contributed by atoms with van der Waals surface area (Å²) in [4.78, 5) is 13.0. The van der Waals surface area contributed by atoms with Crippen molar-refractivity contribution in [2.24, 2.45) is 0 Å². The number of sulfonamides is 1. The normalized spacial score (nSPS) is 16.3.